The molecule has 0 unspecified atom stereocenters. The van der Waals surface area contributed by atoms with Gasteiger partial charge in [0.1, 0.15) is 5.75 Å². The molecule has 0 saturated heterocycles. The Labute approximate surface area is 151 Å². The summed E-state index contributed by atoms with van der Waals surface area (Å²) in [7, 11) is 1.56. The molecule has 0 radical (unpaired) electrons. The van der Waals surface area contributed by atoms with E-state index in [1.54, 1.807) is 27.0 Å². The zero-order chi connectivity index (χ0) is 18.7. The van der Waals surface area contributed by atoms with Gasteiger partial charge in [0, 0.05) is 17.1 Å². The van der Waals surface area contributed by atoms with Gasteiger partial charge in [-0.2, -0.15) is 0 Å². The van der Waals surface area contributed by atoms with Crippen LogP contribution >= 0.6 is 0 Å². The van der Waals surface area contributed by atoms with Crippen LogP contribution in [0.3, 0.4) is 0 Å². The van der Waals surface area contributed by atoms with Gasteiger partial charge in [0.2, 0.25) is 0 Å². The van der Waals surface area contributed by atoms with E-state index in [2.05, 4.69) is 0 Å². The fourth-order valence-corrected chi connectivity index (χ4v) is 3.24. The lowest BCUT2D eigenvalue weighted by atomic mass is 9.96. The number of pyridine rings is 1. The summed E-state index contributed by atoms with van der Waals surface area (Å²) >= 11 is 0. The summed E-state index contributed by atoms with van der Waals surface area (Å²) in [6, 6.07) is 11.2. The predicted octanol–water partition coefficient (Wildman–Crippen LogP) is 3.31. The van der Waals surface area contributed by atoms with E-state index in [-0.39, 0.29) is 13.2 Å². The van der Waals surface area contributed by atoms with Crippen molar-refractivity contribution in [1.82, 2.24) is 4.40 Å². The zero-order valence-electron chi connectivity index (χ0n) is 15.0. The maximum atomic E-state index is 12.7. The largest absolute Gasteiger partial charge is 0.496 e. The van der Waals surface area contributed by atoms with Gasteiger partial charge < -0.3 is 18.6 Å². The van der Waals surface area contributed by atoms with Gasteiger partial charge in [0.05, 0.1) is 31.4 Å². The van der Waals surface area contributed by atoms with Gasteiger partial charge in [0.15, 0.2) is 5.92 Å². The van der Waals surface area contributed by atoms with Crippen LogP contribution in [-0.4, -0.2) is 36.7 Å². The van der Waals surface area contributed by atoms with E-state index < -0.39 is 17.9 Å². The van der Waals surface area contributed by atoms with Gasteiger partial charge in [-0.15, -0.1) is 0 Å². The summed E-state index contributed by atoms with van der Waals surface area (Å²) < 4.78 is 17.8. The van der Waals surface area contributed by atoms with E-state index >= 15 is 0 Å². The average Bonchev–Trinajstić information content (AvgIpc) is 2.97. The molecule has 6 heteroatoms. The molecule has 0 amide bonds. The maximum absolute atomic E-state index is 12.7. The standard InChI is InChI=1S/C20H21NO5/c1-4-25-19(22)18(20(23)26-5-2)17-14-9-6-7-12-21(14)13-10-8-11-15(24-3)16(13)17/h6-12,18H,4-5H2,1-3H3. The molecule has 0 aliphatic heterocycles. The number of benzene rings is 1. The molecule has 0 aliphatic carbocycles. The number of ether oxygens (including phenoxy) is 3. The lowest BCUT2D eigenvalue weighted by Crippen LogP contribution is -2.26. The van der Waals surface area contributed by atoms with Gasteiger partial charge in [-0.3, -0.25) is 9.59 Å². The first kappa shape index (κ1) is 17.8. The molecule has 2 aromatic heterocycles. The smallest absolute Gasteiger partial charge is 0.324 e. The summed E-state index contributed by atoms with van der Waals surface area (Å²) in [6.07, 6.45) is 1.88. The number of carbonyl (C=O) groups is 2. The second kappa shape index (κ2) is 7.47. The van der Waals surface area contributed by atoms with Gasteiger partial charge in [0.25, 0.3) is 0 Å². The van der Waals surface area contributed by atoms with Crippen molar-refractivity contribution >= 4 is 28.4 Å². The molecule has 3 rings (SSSR count). The van der Waals surface area contributed by atoms with Crippen LogP contribution in [0.1, 0.15) is 25.3 Å². The number of rotatable bonds is 6. The first-order chi connectivity index (χ1) is 12.6. The van der Waals surface area contributed by atoms with Gasteiger partial charge in [-0.05, 0) is 38.1 Å². The number of nitrogens with zero attached hydrogens (tertiary/aromatic N) is 1. The number of carbonyl (C=O) groups excluding carboxylic acids is 2. The molecule has 26 heavy (non-hydrogen) atoms. The van der Waals surface area contributed by atoms with Gasteiger partial charge >= 0.3 is 11.9 Å². The molecule has 0 spiro atoms. The van der Waals surface area contributed by atoms with Crippen molar-refractivity contribution in [2.45, 2.75) is 19.8 Å². The monoisotopic (exact) mass is 355 g/mol. The van der Waals surface area contributed by atoms with Crippen LogP contribution in [0.5, 0.6) is 5.75 Å². The molecular formula is C20H21NO5. The highest BCUT2D eigenvalue weighted by molar-refractivity contribution is 6.10. The minimum atomic E-state index is -1.18. The first-order valence-corrected chi connectivity index (χ1v) is 8.52. The van der Waals surface area contributed by atoms with E-state index in [1.165, 1.54) is 0 Å². The SMILES string of the molecule is CCOC(=O)C(C(=O)OCC)c1c2c(OC)cccc2n2ccccc12. The quantitative estimate of drug-likeness (QED) is 0.501. The van der Waals surface area contributed by atoms with Crippen molar-refractivity contribution < 1.29 is 23.8 Å². The topological polar surface area (TPSA) is 66.2 Å². The van der Waals surface area contributed by atoms with Crippen LogP contribution in [0.25, 0.3) is 16.4 Å². The van der Waals surface area contributed by atoms with Crippen molar-refractivity contribution in [3.8, 4) is 5.75 Å². The van der Waals surface area contributed by atoms with Crippen LogP contribution in [0, 0.1) is 0 Å². The lowest BCUT2D eigenvalue weighted by Gasteiger charge is -2.15. The number of hydrogen-bond acceptors (Lipinski definition) is 5. The first-order valence-electron chi connectivity index (χ1n) is 8.52. The van der Waals surface area contributed by atoms with Crippen LogP contribution in [-0.2, 0) is 19.1 Å². The third-order valence-corrected chi connectivity index (χ3v) is 4.22. The highest BCUT2D eigenvalue weighted by atomic mass is 16.6. The van der Waals surface area contributed by atoms with E-state index in [1.807, 2.05) is 40.9 Å². The maximum Gasteiger partial charge on any atom is 0.324 e. The predicted molar refractivity (Wildman–Crippen MR) is 97.5 cm³/mol. The Morgan fingerprint density at radius 3 is 2.23 bits per heavy atom. The highest BCUT2D eigenvalue weighted by Gasteiger charge is 2.36. The Kier molecular flexibility index (Phi) is 5.11. The Balaban J connectivity index is 2.38. The molecule has 0 fully saturated rings. The van der Waals surface area contributed by atoms with Crippen molar-refractivity contribution in [2.75, 3.05) is 20.3 Å². The summed E-state index contributed by atoms with van der Waals surface area (Å²) in [5.74, 6) is -1.86. The average molecular weight is 355 g/mol. The summed E-state index contributed by atoms with van der Waals surface area (Å²) in [5.41, 5.74) is 2.11. The van der Waals surface area contributed by atoms with E-state index in [0.29, 0.717) is 16.7 Å². The Morgan fingerprint density at radius 1 is 0.962 bits per heavy atom. The third kappa shape index (κ3) is 2.87. The van der Waals surface area contributed by atoms with Crippen LogP contribution in [0.2, 0.25) is 0 Å². The molecule has 0 atom stereocenters. The molecule has 3 aromatic rings. The molecule has 0 N–H and O–H groups in total. The number of fused-ring (bicyclic) bond motifs is 3. The molecular weight excluding hydrogens is 334 g/mol. The molecule has 0 saturated carbocycles. The lowest BCUT2D eigenvalue weighted by molar-refractivity contribution is -0.156. The summed E-state index contributed by atoms with van der Waals surface area (Å²) in [6.45, 7) is 3.76. The van der Waals surface area contributed by atoms with E-state index in [0.717, 1.165) is 11.0 Å². The Morgan fingerprint density at radius 2 is 1.62 bits per heavy atom. The molecule has 1 aromatic carbocycles. The fourth-order valence-electron chi connectivity index (χ4n) is 3.24. The molecule has 0 aliphatic rings. The number of esters is 2. The van der Waals surface area contributed by atoms with Crippen LogP contribution in [0.15, 0.2) is 42.6 Å². The molecule has 2 heterocycles. The van der Waals surface area contributed by atoms with E-state index in [4.69, 9.17) is 14.2 Å². The van der Waals surface area contributed by atoms with Crippen molar-refractivity contribution in [3.63, 3.8) is 0 Å². The molecule has 6 nitrogen and oxygen atoms in total. The highest BCUT2D eigenvalue weighted by Crippen LogP contribution is 2.39. The summed E-state index contributed by atoms with van der Waals surface area (Å²) in [5, 5.41) is 0.701. The third-order valence-electron chi connectivity index (χ3n) is 4.22. The number of hydrogen-bond donors (Lipinski definition) is 0. The zero-order valence-corrected chi connectivity index (χ0v) is 15.0. The Hall–Kier alpha value is -3.02. The second-order valence-electron chi connectivity index (χ2n) is 5.66. The normalized spacial score (nSPS) is 11.1. The van der Waals surface area contributed by atoms with Gasteiger partial charge in [-0.1, -0.05) is 12.1 Å². The number of aromatic nitrogens is 1. The molecule has 136 valence electrons. The van der Waals surface area contributed by atoms with Crippen molar-refractivity contribution in [2.24, 2.45) is 0 Å². The Bertz CT molecular complexity index is 941. The van der Waals surface area contributed by atoms with Crippen LogP contribution < -0.4 is 4.74 Å². The van der Waals surface area contributed by atoms with Crippen LogP contribution in [0.4, 0.5) is 0 Å². The van der Waals surface area contributed by atoms with Gasteiger partial charge in [-0.25, -0.2) is 0 Å². The summed E-state index contributed by atoms with van der Waals surface area (Å²) in [4.78, 5) is 25.3. The fraction of sp³-hybridized carbons (Fsp3) is 0.300. The van der Waals surface area contributed by atoms with Crippen molar-refractivity contribution in [1.29, 1.82) is 0 Å². The van der Waals surface area contributed by atoms with Crippen molar-refractivity contribution in [3.05, 3.63) is 48.2 Å². The number of methoxy groups -OCH3 is 1. The van der Waals surface area contributed by atoms with E-state index in [9.17, 15) is 9.59 Å². The molecule has 0 bridgehead atoms. The second-order valence-corrected chi connectivity index (χ2v) is 5.66. The minimum absolute atomic E-state index is 0.176. The minimum Gasteiger partial charge on any atom is -0.496 e.